The van der Waals surface area contributed by atoms with Gasteiger partial charge in [-0.3, -0.25) is 4.90 Å². The van der Waals surface area contributed by atoms with Crippen molar-refractivity contribution in [3.05, 3.63) is 0 Å². The highest BCUT2D eigenvalue weighted by Gasteiger charge is 2.51. The first-order chi connectivity index (χ1) is 8.91. The molecular formula is C15H29NO4. The molecule has 5 nitrogen and oxygen atoms in total. The van der Waals surface area contributed by atoms with Crippen LogP contribution in [0.15, 0.2) is 0 Å². The Kier molecular flexibility index (Phi) is 4.76. The molecule has 0 aromatic carbocycles. The van der Waals surface area contributed by atoms with Crippen LogP contribution in [0, 0.1) is 0 Å². The van der Waals surface area contributed by atoms with Crippen molar-refractivity contribution in [2.45, 2.75) is 84.3 Å². The second kappa shape index (κ2) is 5.53. The quantitative estimate of drug-likeness (QED) is 0.867. The van der Waals surface area contributed by atoms with Crippen molar-refractivity contribution >= 4 is 6.09 Å². The molecule has 2 atom stereocenters. The maximum Gasteiger partial charge on any atom is 0.413 e. The third kappa shape index (κ3) is 3.85. The van der Waals surface area contributed by atoms with E-state index in [1.165, 1.54) is 4.90 Å². The van der Waals surface area contributed by atoms with Gasteiger partial charge in [0.25, 0.3) is 0 Å². The van der Waals surface area contributed by atoms with E-state index in [2.05, 4.69) is 0 Å². The highest BCUT2D eigenvalue weighted by atomic mass is 16.6. The van der Waals surface area contributed by atoms with Crippen LogP contribution in [0.25, 0.3) is 0 Å². The van der Waals surface area contributed by atoms with Gasteiger partial charge in [0, 0.05) is 0 Å². The molecular weight excluding hydrogens is 258 g/mol. The van der Waals surface area contributed by atoms with E-state index < -0.39 is 29.1 Å². The average Bonchev–Trinajstić information content (AvgIpc) is 2.51. The SMILES string of the molecule is CCC[C@](C)(O)[C@H]1COC(C)(C)N1C(=O)OC(C)(C)C. The van der Waals surface area contributed by atoms with E-state index in [-0.39, 0.29) is 0 Å². The van der Waals surface area contributed by atoms with Crippen LogP contribution in [-0.2, 0) is 9.47 Å². The second-order valence-electron chi connectivity index (χ2n) is 7.23. The van der Waals surface area contributed by atoms with E-state index in [0.717, 1.165) is 6.42 Å². The summed E-state index contributed by atoms with van der Waals surface area (Å²) in [4.78, 5) is 14.0. The van der Waals surface area contributed by atoms with Gasteiger partial charge in [-0.25, -0.2) is 4.79 Å². The number of amides is 1. The van der Waals surface area contributed by atoms with Gasteiger partial charge in [0.05, 0.1) is 18.2 Å². The van der Waals surface area contributed by atoms with Crippen LogP contribution in [0.4, 0.5) is 4.79 Å². The van der Waals surface area contributed by atoms with E-state index in [1.54, 1.807) is 6.92 Å². The third-order valence-electron chi connectivity index (χ3n) is 3.55. The normalized spacial score (nSPS) is 25.4. The first kappa shape index (κ1) is 17.2. The predicted octanol–water partition coefficient (Wildman–Crippen LogP) is 2.91. The molecule has 0 aromatic rings. The predicted molar refractivity (Wildman–Crippen MR) is 77.4 cm³/mol. The zero-order valence-electron chi connectivity index (χ0n) is 13.8. The maximum atomic E-state index is 12.5. The molecule has 0 radical (unpaired) electrons. The molecule has 0 unspecified atom stereocenters. The molecule has 1 saturated heterocycles. The number of rotatable bonds is 3. The average molecular weight is 287 g/mol. The molecule has 118 valence electrons. The monoisotopic (exact) mass is 287 g/mol. The van der Waals surface area contributed by atoms with Gasteiger partial charge in [0.15, 0.2) is 0 Å². The molecule has 20 heavy (non-hydrogen) atoms. The molecule has 1 heterocycles. The summed E-state index contributed by atoms with van der Waals surface area (Å²) in [5, 5.41) is 10.6. The lowest BCUT2D eigenvalue weighted by Crippen LogP contribution is -2.57. The lowest BCUT2D eigenvalue weighted by molar-refractivity contribution is -0.0800. The van der Waals surface area contributed by atoms with E-state index in [0.29, 0.717) is 13.0 Å². The zero-order chi connectivity index (χ0) is 15.8. The Balaban J connectivity index is 2.99. The molecule has 5 heteroatoms. The lowest BCUT2D eigenvalue weighted by Gasteiger charge is -2.40. The Bertz CT molecular complexity index is 357. The number of nitrogens with zero attached hydrogens (tertiary/aromatic N) is 1. The summed E-state index contributed by atoms with van der Waals surface area (Å²) in [6.07, 6.45) is 1.00. The number of hydrogen-bond acceptors (Lipinski definition) is 4. The van der Waals surface area contributed by atoms with Crippen molar-refractivity contribution in [2.75, 3.05) is 6.61 Å². The van der Waals surface area contributed by atoms with Crippen molar-refractivity contribution in [1.29, 1.82) is 0 Å². The van der Waals surface area contributed by atoms with Gasteiger partial charge < -0.3 is 14.6 Å². The van der Waals surface area contributed by atoms with E-state index in [9.17, 15) is 9.90 Å². The van der Waals surface area contributed by atoms with Crippen molar-refractivity contribution in [2.24, 2.45) is 0 Å². The number of aliphatic hydroxyl groups is 1. The van der Waals surface area contributed by atoms with Gasteiger partial charge >= 0.3 is 6.09 Å². The molecule has 0 bridgehead atoms. The molecule has 1 aliphatic heterocycles. The molecule has 0 spiro atoms. The van der Waals surface area contributed by atoms with Crippen LogP contribution < -0.4 is 0 Å². The molecule has 1 fully saturated rings. The summed E-state index contributed by atoms with van der Waals surface area (Å²) < 4.78 is 11.2. The van der Waals surface area contributed by atoms with Gasteiger partial charge in [0.1, 0.15) is 11.3 Å². The van der Waals surface area contributed by atoms with Crippen molar-refractivity contribution in [1.82, 2.24) is 4.90 Å². The summed E-state index contributed by atoms with van der Waals surface area (Å²) in [7, 11) is 0. The number of carbonyl (C=O) groups is 1. The zero-order valence-corrected chi connectivity index (χ0v) is 13.8. The van der Waals surface area contributed by atoms with Crippen LogP contribution in [-0.4, -0.2) is 45.7 Å². The first-order valence-electron chi connectivity index (χ1n) is 7.29. The van der Waals surface area contributed by atoms with Crippen molar-refractivity contribution in [3.8, 4) is 0 Å². The fraction of sp³-hybridized carbons (Fsp3) is 0.933. The Hall–Kier alpha value is -0.810. The Morgan fingerprint density at radius 2 is 1.95 bits per heavy atom. The minimum absolute atomic E-state index is 0.319. The van der Waals surface area contributed by atoms with E-state index >= 15 is 0 Å². The van der Waals surface area contributed by atoms with Gasteiger partial charge in [-0.15, -0.1) is 0 Å². The summed E-state index contributed by atoms with van der Waals surface area (Å²) in [6.45, 7) is 13.2. The molecule has 1 N–H and O–H groups in total. The first-order valence-corrected chi connectivity index (χ1v) is 7.29. The minimum atomic E-state index is -0.987. The fourth-order valence-electron chi connectivity index (χ4n) is 2.59. The number of hydrogen-bond donors (Lipinski definition) is 1. The van der Waals surface area contributed by atoms with E-state index in [1.807, 2.05) is 41.5 Å². The molecule has 1 aliphatic rings. The highest BCUT2D eigenvalue weighted by Crippen LogP contribution is 2.35. The highest BCUT2D eigenvalue weighted by molar-refractivity contribution is 5.70. The summed E-state index contributed by atoms with van der Waals surface area (Å²) in [6, 6.07) is -0.396. The smallest absolute Gasteiger partial charge is 0.413 e. The van der Waals surface area contributed by atoms with Crippen LogP contribution in [0.5, 0.6) is 0 Å². The molecule has 0 aliphatic carbocycles. The topological polar surface area (TPSA) is 59.0 Å². The molecule has 1 amide bonds. The standard InChI is InChI=1S/C15H29NO4/c1-8-9-15(7,18)11-10-19-14(5,6)16(11)12(17)20-13(2,3)4/h11,18H,8-10H2,1-7H3/t11-,15+/m1/s1. The Morgan fingerprint density at radius 3 is 2.40 bits per heavy atom. The van der Waals surface area contributed by atoms with Crippen molar-refractivity contribution < 1.29 is 19.4 Å². The van der Waals surface area contributed by atoms with Crippen LogP contribution in [0.1, 0.15) is 61.3 Å². The molecule has 1 rings (SSSR count). The lowest BCUT2D eigenvalue weighted by atomic mass is 9.91. The van der Waals surface area contributed by atoms with Crippen LogP contribution in [0.2, 0.25) is 0 Å². The fourth-order valence-corrected chi connectivity index (χ4v) is 2.59. The third-order valence-corrected chi connectivity index (χ3v) is 3.55. The van der Waals surface area contributed by atoms with Crippen LogP contribution in [0.3, 0.4) is 0 Å². The Morgan fingerprint density at radius 1 is 1.40 bits per heavy atom. The summed E-state index contributed by atoms with van der Waals surface area (Å²) >= 11 is 0. The number of ether oxygens (including phenoxy) is 2. The summed E-state index contributed by atoms with van der Waals surface area (Å²) in [5.41, 5.74) is -2.33. The second-order valence-corrected chi connectivity index (χ2v) is 7.23. The number of carbonyl (C=O) groups excluding carboxylic acids is 1. The van der Waals surface area contributed by atoms with Gasteiger partial charge in [-0.05, 0) is 48.0 Å². The summed E-state index contributed by atoms with van der Waals surface area (Å²) in [5.74, 6) is 0. The van der Waals surface area contributed by atoms with Crippen molar-refractivity contribution in [3.63, 3.8) is 0 Å². The Labute approximate surface area is 122 Å². The minimum Gasteiger partial charge on any atom is -0.444 e. The van der Waals surface area contributed by atoms with E-state index in [4.69, 9.17) is 9.47 Å². The van der Waals surface area contributed by atoms with Gasteiger partial charge in [-0.1, -0.05) is 13.3 Å². The van der Waals surface area contributed by atoms with Crippen LogP contribution >= 0.6 is 0 Å². The van der Waals surface area contributed by atoms with Gasteiger partial charge in [-0.2, -0.15) is 0 Å². The van der Waals surface area contributed by atoms with Gasteiger partial charge in [0.2, 0.25) is 0 Å². The maximum absolute atomic E-state index is 12.5. The molecule has 0 saturated carbocycles. The largest absolute Gasteiger partial charge is 0.444 e. The molecule has 0 aromatic heterocycles.